The smallest absolute Gasteiger partial charge is 0.0939 e. The molecule has 0 aromatic heterocycles. The lowest BCUT2D eigenvalue weighted by molar-refractivity contribution is -0.0999. The van der Waals surface area contributed by atoms with Crippen molar-refractivity contribution < 1.29 is 14.6 Å². The minimum Gasteiger partial charge on any atom is -0.393 e. The molecule has 16 heavy (non-hydrogen) atoms. The van der Waals surface area contributed by atoms with Gasteiger partial charge in [0, 0.05) is 19.6 Å². The van der Waals surface area contributed by atoms with E-state index in [1.807, 2.05) is 6.92 Å². The highest BCUT2D eigenvalue weighted by Crippen LogP contribution is 2.37. The third-order valence-corrected chi connectivity index (χ3v) is 4.04. The summed E-state index contributed by atoms with van der Waals surface area (Å²) in [6.07, 6.45) is 6.18. The number of ether oxygens (including phenoxy) is 2. The second-order valence-electron chi connectivity index (χ2n) is 5.33. The SMILES string of the molecule is CCC(O)CCC1CCOC2(CCOC2)C1. The van der Waals surface area contributed by atoms with Gasteiger partial charge in [-0.2, -0.15) is 0 Å². The molecule has 2 saturated heterocycles. The Hall–Kier alpha value is -0.120. The van der Waals surface area contributed by atoms with Gasteiger partial charge in [0.15, 0.2) is 0 Å². The number of hydrogen-bond donors (Lipinski definition) is 1. The van der Waals surface area contributed by atoms with Crippen molar-refractivity contribution in [1.29, 1.82) is 0 Å². The van der Waals surface area contributed by atoms with Crippen LogP contribution in [0.25, 0.3) is 0 Å². The maximum absolute atomic E-state index is 9.59. The first-order valence-corrected chi connectivity index (χ1v) is 6.64. The van der Waals surface area contributed by atoms with Gasteiger partial charge in [0.1, 0.15) is 0 Å². The van der Waals surface area contributed by atoms with Gasteiger partial charge >= 0.3 is 0 Å². The minimum absolute atomic E-state index is 0.0279. The number of hydrogen-bond acceptors (Lipinski definition) is 3. The van der Waals surface area contributed by atoms with Crippen molar-refractivity contribution in [3.8, 4) is 0 Å². The molecule has 0 aromatic carbocycles. The van der Waals surface area contributed by atoms with Crippen molar-refractivity contribution in [2.45, 2.75) is 57.2 Å². The Morgan fingerprint density at radius 2 is 2.31 bits per heavy atom. The molecule has 2 aliphatic rings. The molecule has 2 fully saturated rings. The maximum atomic E-state index is 9.59. The van der Waals surface area contributed by atoms with Crippen molar-refractivity contribution in [3.63, 3.8) is 0 Å². The van der Waals surface area contributed by atoms with E-state index >= 15 is 0 Å². The lowest BCUT2D eigenvalue weighted by Crippen LogP contribution is -2.40. The molecule has 0 bridgehead atoms. The van der Waals surface area contributed by atoms with Crippen LogP contribution in [0, 0.1) is 5.92 Å². The fourth-order valence-corrected chi connectivity index (χ4v) is 2.87. The predicted molar refractivity (Wildman–Crippen MR) is 62.4 cm³/mol. The van der Waals surface area contributed by atoms with Crippen molar-refractivity contribution in [3.05, 3.63) is 0 Å². The molecule has 0 radical (unpaired) electrons. The third-order valence-electron chi connectivity index (χ3n) is 4.04. The molecule has 3 nitrogen and oxygen atoms in total. The summed E-state index contributed by atoms with van der Waals surface area (Å²) in [5, 5.41) is 9.59. The minimum atomic E-state index is -0.112. The van der Waals surface area contributed by atoms with Crippen molar-refractivity contribution >= 4 is 0 Å². The monoisotopic (exact) mass is 228 g/mol. The van der Waals surface area contributed by atoms with E-state index in [1.165, 1.54) is 0 Å². The van der Waals surface area contributed by atoms with Crippen LogP contribution in [-0.2, 0) is 9.47 Å². The maximum Gasteiger partial charge on any atom is 0.0939 e. The molecule has 1 N–H and O–H groups in total. The molecule has 2 rings (SSSR count). The van der Waals surface area contributed by atoms with Gasteiger partial charge in [-0.3, -0.25) is 0 Å². The van der Waals surface area contributed by atoms with Crippen LogP contribution in [0.15, 0.2) is 0 Å². The zero-order chi connectivity index (χ0) is 11.4. The van der Waals surface area contributed by atoms with Crippen LogP contribution in [0.2, 0.25) is 0 Å². The first kappa shape index (κ1) is 12.3. The lowest BCUT2D eigenvalue weighted by Gasteiger charge is -2.37. The molecule has 3 heteroatoms. The zero-order valence-electron chi connectivity index (χ0n) is 10.3. The van der Waals surface area contributed by atoms with E-state index in [0.29, 0.717) is 0 Å². The third kappa shape index (κ3) is 2.96. The lowest BCUT2D eigenvalue weighted by atomic mass is 9.82. The Bertz CT molecular complexity index is 211. The molecule has 94 valence electrons. The molecular formula is C13H24O3. The van der Waals surface area contributed by atoms with Crippen molar-refractivity contribution in [2.75, 3.05) is 19.8 Å². The highest BCUT2D eigenvalue weighted by molar-refractivity contribution is 4.90. The van der Waals surface area contributed by atoms with Crippen molar-refractivity contribution in [1.82, 2.24) is 0 Å². The van der Waals surface area contributed by atoms with E-state index in [0.717, 1.165) is 64.3 Å². The van der Waals surface area contributed by atoms with Gasteiger partial charge in [0.05, 0.1) is 18.3 Å². The molecule has 3 unspecified atom stereocenters. The summed E-state index contributed by atoms with van der Waals surface area (Å²) in [7, 11) is 0. The second kappa shape index (κ2) is 5.48. The van der Waals surface area contributed by atoms with Crippen LogP contribution in [0.5, 0.6) is 0 Å². The summed E-state index contributed by atoms with van der Waals surface area (Å²) in [5.74, 6) is 0.719. The van der Waals surface area contributed by atoms with E-state index in [2.05, 4.69) is 0 Å². The highest BCUT2D eigenvalue weighted by Gasteiger charge is 2.40. The predicted octanol–water partition coefficient (Wildman–Crippen LogP) is 2.12. The average molecular weight is 228 g/mol. The largest absolute Gasteiger partial charge is 0.393 e. The Morgan fingerprint density at radius 1 is 1.44 bits per heavy atom. The standard InChI is InChI=1S/C13H24O3/c1-2-12(14)4-3-11-5-7-16-13(9-11)6-8-15-10-13/h11-12,14H,2-10H2,1H3. The molecule has 0 aliphatic carbocycles. The van der Waals surface area contributed by atoms with Crippen LogP contribution in [-0.4, -0.2) is 36.6 Å². The second-order valence-corrected chi connectivity index (χ2v) is 5.33. The van der Waals surface area contributed by atoms with Crippen LogP contribution in [0.3, 0.4) is 0 Å². The van der Waals surface area contributed by atoms with Gasteiger partial charge in [-0.25, -0.2) is 0 Å². The molecule has 2 heterocycles. The van der Waals surface area contributed by atoms with E-state index in [4.69, 9.17) is 9.47 Å². The van der Waals surface area contributed by atoms with Crippen LogP contribution >= 0.6 is 0 Å². The Balaban J connectivity index is 1.78. The average Bonchev–Trinajstić information content (AvgIpc) is 2.74. The Labute approximate surface area is 98.1 Å². The summed E-state index contributed by atoms with van der Waals surface area (Å²) in [6.45, 7) is 4.54. The summed E-state index contributed by atoms with van der Waals surface area (Å²) >= 11 is 0. The van der Waals surface area contributed by atoms with Crippen molar-refractivity contribution in [2.24, 2.45) is 5.92 Å². The molecule has 3 atom stereocenters. The number of rotatable bonds is 4. The van der Waals surface area contributed by atoms with Gasteiger partial charge in [-0.15, -0.1) is 0 Å². The Kier molecular flexibility index (Phi) is 4.22. The van der Waals surface area contributed by atoms with Crippen LogP contribution in [0.4, 0.5) is 0 Å². The molecule has 0 amide bonds. The number of aliphatic hydroxyl groups excluding tert-OH is 1. The molecule has 0 aromatic rings. The first-order chi connectivity index (χ1) is 7.74. The van der Waals surface area contributed by atoms with E-state index in [-0.39, 0.29) is 11.7 Å². The fourth-order valence-electron chi connectivity index (χ4n) is 2.87. The summed E-state index contributed by atoms with van der Waals surface area (Å²) in [4.78, 5) is 0. The first-order valence-electron chi connectivity index (χ1n) is 6.64. The molecule has 2 aliphatic heterocycles. The quantitative estimate of drug-likeness (QED) is 0.801. The van der Waals surface area contributed by atoms with Gasteiger partial charge in [-0.1, -0.05) is 6.92 Å². The number of aliphatic hydroxyl groups is 1. The topological polar surface area (TPSA) is 38.7 Å². The summed E-state index contributed by atoms with van der Waals surface area (Å²) in [5.41, 5.74) is 0.0279. The van der Waals surface area contributed by atoms with Gasteiger partial charge in [-0.05, 0) is 38.0 Å². The van der Waals surface area contributed by atoms with E-state index in [9.17, 15) is 5.11 Å². The Morgan fingerprint density at radius 3 is 3.00 bits per heavy atom. The normalized spacial score (nSPS) is 36.8. The summed E-state index contributed by atoms with van der Waals surface area (Å²) < 4.78 is 11.4. The van der Waals surface area contributed by atoms with Crippen LogP contribution in [0.1, 0.15) is 45.4 Å². The van der Waals surface area contributed by atoms with E-state index < -0.39 is 0 Å². The van der Waals surface area contributed by atoms with Gasteiger partial charge in [0.25, 0.3) is 0 Å². The van der Waals surface area contributed by atoms with Crippen LogP contribution < -0.4 is 0 Å². The molecular weight excluding hydrogens is 204 g/mol. The highest BCUT2D eigenvalue weighted by atomic mass is 16.6. The van der Waals surface area contributed by atoms with E-state index in [1.54, 1.807) is 0 Å². The van der Waals surface area contributed by atoms with Gasteiger partial charge in [0.2, 0.25) is 0 Å². The zero-order valence-corrected chi connectivity index (χ0v) is 10.3. The molecule has 0 saturated carbocycles. The molecule has 1 spiro atoms. The summed E-state index contributed by atoms with van der Waals surface area (Å²) in [6, 6.07) is 0. The van der Waals surface area contributed by atoms with Gasteiger partial charge < -0.3 is 14.6 Å². The fraction of sp³-hybridized carbons (Fsp3) is 1.00.